The summed E-state index contributed by atoms with van der Waals surface area (Å²) in [7, 11) is 0. The third-order valence-corrected chi connectivity index (χ3v) is 5.48. The molecule has 0 bridgehead atoms. The van der Waals surface area contributed by atoms with E-state index in [1.807, 2.05) is 22.7 Å². The summed E-state index contributed by atoms with van der Waals surface area (Å²) in [5, 5.41) is 8.07. The molecule has 0 fully saturated rings. The van der Waals surface area contributed by atoms with Gasteiger partial charge in [0, 0.05) is 21.9 Å². The second kappa shape index (κ2) is 6.92. The first-order valence-corrected chi connectivity index (χ1v) is 9.03. The van der Waals surface area contributed by atoms with Gasteiger partial charge in [-0.05, 0) is 40.9 Å². The van der Waals surface area contributed by atoms with Crippen LogP contribution in [0.3, 0.4) is 0 Å². The minimum atomic E-state index is 0.344. The second-order valence-corrected chi connectivity index (χ2v) is 7.02. The standard InChI is InChI=1S/C18H19NS2/c1-2-14-7-3-4-9-16(14)19-17(18-10-6-12-21-18)13-15-8-5-11-20-15/h3-12,17,19H,2,13H2,1H3. The zero-order valence-electron chi connectivity index (χ0n) is 12.1. The molecule has 1 aromatic carbocycles. The lowest BCUT2D eigenvalue weighted by Gasteiger charge is -2.20. The number of benzene rings is 1. The number of nitrogens with one attached hydrogen (secondary N) is 1. The molecule has 0 aliphatic heterocycles. The third-order valence-electron chi connectivity index (χ3n) is 3.60. The highest BCUT2D eigenvalue weighted by atomic mass is 32.1. The summed E-state index contributed by atoms with van der Waals surface area (Å²) in [6.07, 6.45) is 2.09. The van der Waals surface area contributed by atoms with E-state index >= 15 is 0 Å². The zero-order valence-corrected chi connectivity index (χ0v) is 13.7. The Morgan fingerprint density at radius 1 is 0.952 bits per heavy atom. The predicted molar refractivity (Wildman–Crippen MR) is 94.5 cm³/mol. The number of rotatable bonds is 6. The van der Waals surface area contributed by atoms with Crippen molar-refractivity contribution in [3.8, 4) is 0 Å². The van der Waals surface area contributed by atoms with E-state index < -0.39 is 0 Å². The molecule has 0 radical (unpaired) electrons. The maximum atomic E-state index is 3.76. The van der Waals surface area contributed by atoms with E-state index in [2.05, 4.69) is 71.5 Å². The number of hydrogen-bond donors (Lipinski definition) is 1. The van der Waals surface area contributed by atoms with Crippen molar-refractivity contribution in [3.63, 3.8) is 0 Å². The fourth-order valence-corrected chi connectivity index (χ4v) is 4.03. The van der Waals surface area contributed by atoms with Crippen LogP contribution >= 0.6 is 22.7 Å². The largest absolute Gasteiger partial charge is 0.377 e. The van der Waals surface area contributed by atoms with Crippen molar-refractivity contribution < 1.29 is 0 Å². The van der Waals surface area contributed by atoms with Crippen LogP contribution in [0, 0.1) is 0 Å². The van der Waals surface area contributed by atoms with Crippen molar-refractivity contribution in [2.75, 3.05) is 5.32 Å². The smallest absolute Gasteiger partial charge is 0.0654 e. The van der Waals surface area contributed by atoms with Gasteiger partial charge in [0.15, 0.2) is 0 Å². The fourth-order valence-electron chi connectivity index (χ4n) is 2.50. The van der Waals surface area contributed by atoms with Gasteiger partial charge in [-0.2, -0.15) is 0 Å². The molecular formula is C18H19NS2. The van der Waals surface area contributed by atoms with Gasteiger partial charge in [0.2, 0.25) is 0 Å². The normalized spacial score (nSPS) is 12.2. The molecule has 1 N–H and O–H groups in total. The lowest BCUT2D eigenvalue weighted by Crippen LogP contribution is -2.13. The molecule has 2 aromatic heterocycles. The molecule has 2 heterocycles. The molecule has 1 unspecified atom stereocenters. The Morgan fingerprint density at radius 2 is 1.76 bits per heavy atom. The first-order valence-electron chi connectivity index (χ1n) is 7.27. The van der Waals surface area contributed by atoms with E-state index in [9.17, 15) is 0 Å². The monoisotopic (exact) mass is 313 g/mol. The highest BCUT2D eigenvalue weighted by molar-refractivity contribution is 7.10. The highest BCUT2D eigenvalue weighted by Crippen LogP contribution is 2.29. The quantitative estimate of drug-likeness (QED) is 0.609. The van der Waals surface area contributed by atoms with Crippen LogP contribution in [-0.2, 0) is 12.8 Å². The number of thiophene rings is 2. The molecule has 3 aromatic rings. The van der Waals surface area contributed by atoms with E-state index in [1.165, 1.54) is 21.0 Å². The summed E-state index contributed by atoms with van der Waals surface area (Å²) < 4.78 is 0. The van der Waals surface area contributed by atoms with Gasteiger partial charge >= 0.3 is 0 Å². The van der Waals surface area contributed by atoms with Crippen molar-refractivity contribution in [2.24, 2.45) is 0 Å². The molecule has 0 amide bonds. The van der Waals surface area contributed by atoms with Gasteiger partial charge < -0.3 is 5.32 Å². The van der Waals surface area contributed by atoms with Gasteiger partial charge in [0.25, 0.3) is 0 Å². The van der Waals surface area contributed by atoms with Crippen molar-refractivity contribution in [1.82, 2.24) is 0 Å². The summed E-state index contributed by atoms with van der Waals surface area (Å²) in [6, 6.07) is 17.7. The van der Waals surface area contributed by atoms with Crippen LogP contribution in [-0.4, -0.2) is 0 Å². The van der Waals surface area contributed by atoms with Crippen LogP contribution < -0.4 is 5.32 Å². The topological polar surface area (TPSA) is 12.0 Å². The van der Waals surface area contributed by atoms with Crippen LogP contribution in [0.25, 0.3) is 0 Å². The summed E-state index contributed by atoms with van der Waals surface area (Å²) in [4.78, 5) is 2.82. The van der Waals surface area contributed by atoms with Gasteiger partial charge in [0.05, 0.1) is 6.04 Å². The zero-order chi connectivity index (χ0) is 14.5. The van der Waals surface area contributed by atoms with Crippen LogP contribution in [0.5, 0.6) is 0 Å². The average molecular weight is 313 g/mol. The molecule has 108 valence electrons. The van der Waals surface area contributed by atoms with E-state index in [0.29, 0.717) is 6.04 Å². The van der Waals surface area contributed by atoms with Gasteiger partial charge in [0.1, 0.15) is 0 Å². The molecule has 0 aliphatic rings. The van der Waals surface area contributed by atoms with E-state index in [0.717, 1.165) is 12.8 Å². The van der Waals surface area contributed by atoms with Crippen molar-refractivity contribution in [3.05, 3.63) is 74.6 Å². The van der Waals surface area contributed by atoms with Crippen molar-refractivity contribution in [1.29, 1.82) is 0 Å². The van der Waals surface area contributed by atoms with Crippen molar-refractivity contribution >= 4 is 28.4 Å². The van der Waals surface area contributed by atoms with Gasteiger partial charge in [-0.1, -0.05) is 37.3 Å². The van der Waals surface area contributed by atoms with Crippen LogP contribution in [0.2, 0.25) is 0 Å². The molecule has 0 saturated carbocycles. The Hall–Kier alpha value is -1.58. The average Bonchev–Trinajstić information content (AvgIpc) is 3.20. The SMILES string of the molecule is CCc1ccccc1NC(Cc1cccs1)c1cccs1. The number of anilines is 1. The molecule has 0 saturated heterocycles. The molecule has 3 heteroatoms. The minimum Gasteiger partial charge on any atom is -0.377 e. The predicted octanol–water partition coefficient (Wildman–Crippen LogP) is 5.77. The summed E-state index contributed by atoms with van der Waals surface area (Å²) in [6.45, 7) is 2.21. The van der Waals surface area contributed by atoms with Gasteiger partial charge in [-0.15, -0.1) is 22.7 Å². The van der Waals surface area contributed by atoms with E-state index in [-0.39, 0.29) is 0 Å². The summed E-state index contributed by atoms with van der Waals surface area (Å²) in [5.74, 6) is 0. The minimum absolute atomic E-state index is 0.344. The van der Waals surface area contributed by atoms with Crippen LogP contribution in [0.1, 0.15) is 28.3 Å². The fraction of sp³-hybridized carbons (Fsp3) is 0.222. The lowest BCUT2D eigenvalue weighted by molar-refractivity contribution is 0.799. The van der Waals surface area contributed by atoms with Gasteiger partial charge in [-0.3, -0.25) is 0 Å². The molecule has 1 nitrogen and oxygen atoms in total. The third kappa shape index (κ3) is 3.55. The summed E-state index contributed by atoms with van der Waals surface area (Å²) in [5.41, 5.74) is 2.64. The Labute approximate surface area is 134 Å². The lowest BCUT2D eigenvalue weighted by atomic mass is 10.1. The Kier molecular flexibility index (Phi) is 4.73. The molecular weight excluding hydrogens is 294 g/mol. The first-order chi connectivity index (χ1) is 10.4. The number of hydrogen-bond acceptors (Lipinski definition) is 3. The molecule has 1 atom stereocenters. The molecule has 21 heavy (non-hydrogen) atoms. The van der Waals surface area contributed by atoms with Crippen molar-refractivity contribution in [2.45, 2.75) is 25.8 Å². The Balaban J connectivity index is 1.85. The maximum absolute atomic E-state index is 3.76. The summed E-state index contributed by atoms with van der Waals surface area (Å²) >= 11 is 3.66. The van der Waals surface area contributed by atoms with E-state index in [4.69, 9.17) is 0 Å². The number of para-hydroxylation sites is 1. The van der Waals surface area contributed by atoms with Gasteiger partial charge in [-0.25, -0.2) is 0 Å². The highest BCUT2D eigenvalue weighted by Gasteiger charge is 2.15. The Bertz CT molecular complexity index is 656. The maximum Gasteiger partial charge on any atom is 0.0654 e. The Morgan fingerprint density at radius 3 is 2.48 bits per heavy atom. The van der Waals surface area contributed by atoms with E-state index in [1.54, 1.807) is 0 Å². The molecule has 0 aliphatic carbocycles. The number of aryl methyl sites for hydroxylation is 1. The van der Waals surface area contributed by atoms with Crippen LogP contribution in [0.15, 0.2) is 59.3 Å². The molecule has 0 spiro atoms. The molecule has 3 rings (SSSR count). The van der Waals surface area contributed by atoms with Crippen LogP contribution in [0.4, 0.5) is 5.69 Å². The second-order valence-electron chi connectivity index (χ2n) is 5.01. The first kappa shape index (κ1) is 14.4.